The first-order valence-corrected chi connectivity index (χ1v) is 9.79. The first kappa shape index (κ1) is 23.2. The Kier molecular flexibility index (Phi) is 9.00. The van der Waals surface area contributed by atoms with E-state index in [0.29, 0.717) is 5.15 Å². The normalized spacial score (nSPS) is 10.9. The second-order valence-corrected chi connectivity index (χ2v) is 7.03. The van der Waals surface area contributed by atoms with Gasteiger partial charge in [-0.2, -0.15) is 11.6 Å². The summed E-state index contributed by atoms with van der Waals surface area (Å²) in [4.78, 5) is 4.54. The number of hydrogen-bond donors (Lipinski definition) is 1. The van der Waals surface area contributed by atoms with Gasteiger partial charge >= 0.3 is 18.9 Å². The van der Waals surface area contributed by atoms with Gasteiger partial charge in [-0.25, -0.2) is 4.98 Å². The molecule has 0 unspecified atom stereocenters. The van der Waals surface area contributed by atoms with Gasteiger partial charge in [0.2, 0.25) is 0 Å². The monoisotopic (exact) mass is 400 g/mol. The molecule has 3 aromatic rings. The second-order valence-electron chi connectivity index (χ2n) is 6.67. The van der Waals surface area contributed by atoms with Crippen LogP contribution in [0.3, 0.4) is 0 Å². The van der Waals surface area contributed by atoms with E-state index >= 15 is 0 Å². The predicted molar refractivity (Wildman–Crippen MR) is 116 cm³/mol. The largest absolute Gasteiger partial charge is 1.00 e. The van der Waals surface area contributed by atoms with Crippen LogP contribution < -0.4 is 24.4 Å². The molecule has 29 heavy (non-hydrogen) atoms. The summed E-state index contributed by atoms with van der Waals surface area (Å²) in [6.07, 6.45) is 6.03. The van der Waals surface area contributed by atoms with Crippen LogP contribution in [0.5, 0.6) is 0 Å². The Hall–Kier alpha value is -2.03. The average molecular weight is 401 g/mol. The van der Waals surface area contributed by atoms with E-state index in [-0.39, 0.29) is 18.9 Å². The third-order valence-electron chi connectivity index (χ3n) is 4.76. The quantitative estimate of drug-likeness (QED) is 0.273. The van der Waals surface area contributed by atoms with E-state index in [0.717, 1.165) is 54.0 Å². The molecule has 0 amide bonds. The van der Waals surface area contributed by atoms with Gasteiger partial charge in [0.05, 0.1) is 5.69 Å². The van der Waals surface area contributed by atoms with Crippen molar-refractivity contribution in [1.29, 1.82) is 0 Å². The minimum atomic E-state index is 0. The number of aryl methyl sites for hydroxylation is 1. The number of hydrazone groups is 1. The van der Waals surface area contributed by atoms with Crippen LogP contribution >= 0.6 is 11.6 Å². The Morgan fingerprint density at radius 3 is 2.59 bits per heavy atom. The zero-order valence-electron chi connectivity index (χ0n) is 17.2. The minimum Gasteiger partial charge on any atom is -0.569 e. The van der Waals surface area contributed by atoms with Gasteiger partial charge in [0.15, 0.2) is 0 Å². The number of unbranched alkanes of at least 4 members (excludes halogenated alkanes) is 1. The van der Waals surface area contributed by atoms with Crippen LogP contribution in [-0.2, 0) is 13.0 Å². The smallest absolute Gasteiger partial charge is 0.569 e. The van der Waals surface area contributed by atoms with Crippen molar-refractivity contribution >= 4 is 17.8 Å². The Labute approximate surface area is 189 Å². The Morgan fingerprint density at radius 1 is 1.17 bits per heavy atom. The van der Waals surface area contributed by atoms with Gasteiger partial charge in [-0.05, 0) is 25.1 Å². The molecule has 0 atom stereocenters. The molecule has 5 nitrogen and oxygen atoms in total. The first-order chi connectivity index (χ1) is 13.6. The number of aromatic nitrogens is 2. The maximum absolute atomic E-state index is 6.94. The standard InChI is InChI=1S/C22H24ClN5.Li/c1-3-4-9-21-26-22(23)16(2)28(21)15-17-10-12-18(13-11-17)20-8-6-5-7-19(20)14-25-27-24;/h5-8,10-13,24,27H,3-4,9,15H2,1-2H3;/q-2;+1. The van der Waals surface area contributed by atoms with Gasteiger partial charge in [0.25, 0.3) is 0 Å². The zero-order chi connectivity index (χ0) is 19.9. The van der Waals surface area contributed by atoms with Crippen LogP contribution in [0.4, 0.5) is 0 Å². The summed E-state index contributed by atoms with van der Waals surface area (Å²) >= 11 is 6.28. The van der Waals surface area contributed by atoms with Crippen molar-refractivity contribution in [2.45, 2.75) is 39.7 Å². The van der Waals surface area contributed by atoms with E-state index in [9.17, 15) is 0 Å². The third kappa shape index (κ3) is 5.74. The van der Waals surface area contributed by atoms with Crippen molar-refractivity contribution in [3.8, 4) is 11.1 Å². The molecular formula is C22H24ClLiN5-. The number of imidazole rings is 1. The summed E-state index contributed by atoms with van der Waals surface area (Å²) in [7, 11) is 0. The van der Waals surface area contributed by atoms with Gasteiger partial charge in [0, 0.05) is 13.0 Å². The zero-order valence-corrected chi connectivity index (χ0v) is 17.9. The minimum absolute atomic E-state index is 0. The third-order valence-corrected chi connectivity index (χ3v) is 5.12. The van der Waals surface area contributed by atoms with Crippen molar-refractivity contribution in [1.82, 2.24) is 15.1 Å². The van der Waals surface area contributed by atoms with Crippen LogP contribution in [0, 0.1) is 6.92 Å². The molecule has 0 aliphatic heterocycles. The molecule has 0 spiro atoms. The Morgan fingerprint density at radius 2 is 1.90 bits per heavy atom. The average Bonchev–Trinajstić information content (AvgIpc) is 2.99. The van der Waals surface area contributed by atoms with E-state index in [1.165, 1.54) is 5.56 Å². The summed E-state index contributed by atoms with van der Waals surface area (Å²) < 4.78 is 2.21. The van der Waals surface area contributed by atoms with Crippen LogP contribution in [0.1, 0.15) is 42.4 Å². The van der Waals surface area contributed by atoms with Gasteiger partial charge in [-0.1, -0.05) is 60.8 Å². The second kappa shape index (κ2) is 11.2. The van der Waals surface area contributed by atoms with E-state index in [4.69, 9.17) is 17.4 Å². The molecule has 3 rings (SSSR count). The van der Waals surface area contributed by atoms with E-state index in [1.807, 2.05) is 36.7 Å². The van der Waals surface area contributed by atoms with Crippen molar-refractivity contribution in [3.05, 3.63) is 82.2 Å². The van der Waals surface area contributed by atoms with Crippen LogP contribution in [0.15, 0.2) is 53.6 Å². The predicted octanol–water partition coefficient (Wildman–Crippen LogP) is 2.67. The Balaban J connectivity index is 0.00000300. The van der Waals surface area contributed by atoms with Crippen LogP contribution in [0.25, 0.3) is 17.0 Å². The molecule has 0 aliphatic carbocycles. The summed E-state index contributed by atoms with van der Waals surface area (Å²) in [5.41, 5.74) is 7.16. The molecule has 1 heterocycles. The Bertz CT molecular complexity index is 950. The molecule has 0 radical (unpaired) electrons. The van der Waals surface area contributed by atoms with Gasteiger partial charge < -0.3 is 15.9 Å². The molecule has 0 saturated carbocycles. The van der Waals surface area contributed by atoms with Gasteiger partial charge in [-0.15, -0.1) is 17.7 Å². The SMILES string of the molecule is CCCCc1nc(Cl)c(C)n1Cc1ccc(-c2ccccc2[C-]=NN[NH-])cc1.[Li+]. The maximum atomic E-state index is 6.94. The molecule has 2 N–H and O–H groups in total. The molecule has 7 heteroatoms. The van der Waals surface area contributed by atoms with E-state index < -0.39 is 0 Å². The fourth-order valence-corrected chi connectivity index (χ4v) is 3.39. The number of nitrogens with one attached hydrogen (secondary N) is 2. The van der Waals surface area contributed by atoms with Crippen molar-refractivity contribution in [2.75, 3.05) is 0 Å². The number of benzene rings is 2. The van der Waals surface area contributed by atoms with Gasteiger partial charge in [-0.3, -0.25) is 5.10 Å². The first-order valence-electron chi connectivity index (χ1n) is 9.41. The number of hydrogen-bond acceptors (Lipinski definition) is 3. The molecule has 0 fully saturated rings. The molecule has 0 bridgehead atoms. The van der Waals surface area contributed by atoms with Crippen molar-refractivity contribution in [2.24, 2.45) is 5.10 Å². The number of halogens is 1. The number of nitrogens with zero attached hydrogens (tertiary/aromatic N) is 3. The van der Waals surface area contributed by atoms with Crippen molar-refractivity contribution in [3.63, 3.8) is 0 Å². The van der Waals surface area contributed by atoms with E-state index in [2.05, 4.69) is 52.1 Å². The van der Waals surface area contributed by atoms with E-state index in [1.54, 1.807) is 0 Å². The topological polar surface area (TPSA) is 66.0 Å². The summed E-state index contributed by atoms with van der Waals surface area (Å²) in [5, 5.41) is 4.28. The van der Waals surface area contributed by atoms with Gasteiger partial charge in [0.1, 0.15) is 11.0 Å². The summed E-state index contributed by atoms with van der Waals surface area (Å²) in [6, 6.07) is 16.3. The molecule has 0 aliphatic rings. The molecule has 0 saturated heterocycles. The molecule has 1 aromatic heterocycles. The maximum Gasteiger partial charge on any atom is 1.00 e. The molecule has 146 valence electrons. The van der Waals surface area contributed by atoms with Crippen LogP contribution in [-0.4, -0.2) is 15.8 Å². The molecular weight excluding hydrogens is 377 g/mol. The summed E-state index contributed by atoms with van der Waals surface area (Å²) in [5.74, 6) is 7.99. The van der Waals surface area contributed by atoms with Crippen molar-refractivity contribution < 1.29 is 18.9 Å². The molecule has 2 aromatic carbocycles. The fourth-order valence-electron chi connectivity index (χ4n) is 3.19. The van der Waals surface area contributed by atoms with Crippen LogP contribution in [0.2, 0.25) is 5.15 Å². The fraction of sp³-hybridized carbons (Fsp3) is 0.273. The summed E-state index contributed by atoms with van der Waals surface area (Å²) in [6.45, 7) is 4.95. The number of rotatable bonds is 8.